The van der Waals surface area contributed by atoms with Gasteiger partial charge in [-0.05, 0) is 24.3 Å². The van der Waals surface area contributed by atoms with Gasteiger partial charge in [0.05, 0.1) is 14.2 Å². The predicted molar refractivity (Wildman–Crippen MR) is 58.7 cm³/mol. The van der Waals surface area contributed by atoms with Crippen molar-refractivity contribution in [1.29, 1.82) is 0 Å². The van der Waals surface area contributed by atoms with Crippen LogP contribution in [-0.2, 0) is 0 Å². The molecule has 1 aromatic carbocycles. The number of hydrogen-bond acceptors (Lipinski definition) is 2. The molecular weight excluding hydrogens is 176 g/mol. The molecule has 2 nitrogen and oxygen atoms in total. The van der Waals surface area contributed by atoms with Crippen LogP contribution >= 0.6 is 0 Å². The van der Waals surface area contributed by atoms with Crippen LogP contribution < -0.4 is 9.47 Å². The van der Waals surface area contributed by atoms with Gasteiger partial charge in [0.2, 0.25) is 0 Å². The van der Waals surface area contributed by atoms with E-state index in [2.05, 4.69) is 5.92 Å². The van der Waals surface area contributed by atoms with Crippen molar-refractivity contribution in [2.24, 2.45) is 0 Å². The number of methoxy groups -OCH3 is 2. The van der Waals surface area contributed by atoms with E-state index in [4.69, 9.17) is 15.9 Å². The van der Waals surface area contributed by atoms with Gasteiger partial charge in [0.25, 0.3) is 0 Å². The van der Waals surface area contributed by atoms with E-state index in [0.717, 1.165) is 17.9 Å². The molecule has 0 fully saturated rings. The first-order valence-electron chi connectivity index (χ1n) is 4.40. The molecule has 0 saturated heterocycles. The fourth-order valence-corrected chi connectivity index (χ4v) is 0.712. The van der Waals surface area contributed by atoms with Crippen LogP contribution in [0.3, 0.4) is 0 Å². The van der Waals surface area contributed by atoms with Gasteiger partial charge in [0.15, 0.2) is 0 Å². The van der Waals surface area contributed by atoms with E-state index in [1.54, 1.807) is 14.2 Å². The summed E-state index contributed by atoms with van der Waals surface area (Å²) in [5.41, 5.74) is 0. The molecule has 0 aliphatic rings. The third-order valence-corrected chi connectivity index (χ3v) is 1.50. The van der Waals surface area contributed by atoms with Crippen LogP contribution in [0.1, 0.15) is 13.3 Å². The van der Waals surface area contributed by atoms with Gasteiger partial charge in [-0.3, -0.25) is 0 Å². The molecule has 0 heterocycles. The smallest absolute Gasteiger partial charge is 0.119 e. The molecule has 0 saturated carbocycles. The average Bonchev–Trinajstić information content (AvgIpc) is 2.29. The maximum atomic E-state index is 4.96. The van der Waals surface area contributed by atoms with Crippen molar-refractivity contribution in [3.05, 3.63) is 24.3 Å². The number of benzene rings is 1. The van der Waals surface area contributed by atoms with Gasteiger partial charge in [-0.15, -0.1) is 12.3 Å². The van der Waals surface area contributed by atoms with Crippen LogP contribution in [0.15, 0.2) is 24.3 Å². The van der Waals surface area contributed by atoms with Crippen LogP contribution in [0.5, 0.6) is 11.5 Å². The zero-order chi connectivity index (χ0) is 10.8. The van der Waals surface area contributed by atoms with Crippen molar-refractivity contribution in [3.63, 3.8) is 0 Å². The van der Waals surface area contributed by atoms with Crippen molar-refractivity contribution >= 4 is 0 Å². The number of hydrogen-bond donors (Lipinski definition) is 0. The lowest BCUT2D eigenvalue weighted by Crippen LogP contribution is -1.83. The Hall–Kier alpha value is -1.62. The minimum Gasteiger partial charge on any atom is -0.497 e. The monoisotopic (exact) mass is 192 g/mol. The van der Waals surface area contributed by atoms with Crippen molar-refractivity contribution in [3.8, 4) is 23.8 Å². The normalized spacial score (nSPS) is 7.86. The van der Waals surface area contributed by atoms with Crippen LogP contribution in [0.2, 0.25) is 0 Å². The summed E-state index contributed by atoms with van der Waals surface area (Å²) >= 11 is 0. The summed E-state index contributed by atoms with van der Waals surface area (Å²) in [5, 5.41) is 0. The highest BCUT2D eigenvalue weighted by atomic mass is 16.5. The van der Waals surface area contributed by atoms with E-state index in [1.807, 2.05) is 31.2 Å². The lowest BCUT2D eigenvalue weighted by atomic mass is 10.3. The molecule has 0 atom stereocenters. The zero-order valence-corrected chi connectivity index (χ0v) is 8.91. The summed E-state index contributed by atoms with van der Waals surface area (Å²) in [5.74, 6) is 4.13. The quantitative estimate of drug-likeness (QED) is 0.671. The van der Waals surface area contributed by atoms with E-state index >= 15 is 0 Å². The summed E-state index contributed by atoms with van der Waals surface area (Å²) in [7, 11) is 3.28. The third kappa shape index (κ3) is 5.10. The van der Waals surface area contributed by atoms with E-state index in [1.165, 1.54) is 0 Å². The average molecular weight is 192 g/mol. The Morgan fingerprint density at radius 2 is 1.36 bits per heavy atom. The minimum atomic E-state index is 0.847. The molecule has 2 heteroatoms. The summed E-state index contributed by atoms with van der Waals surface area (Å²) in [6.07, 6.45) is 5.62. The molecule has 0 N–H and O–H groups in total. The van der Waals surface area contributed by atoms with Gasteiger partial charge < -0.3 is 9.47 Å². The molecule has 0 aliphatic carbocycles. The predicted octanol–water partition coefficient (Wildman–Crippen LogP) is 2.73. The third-order valence-electron chi connectivity index (χ3n) is 1.50. The molecule has 0 amide bonds. The second-order valence-electron chi connectivity index (χ2n) is 2.44. The van der Waals surface area contributed by atoms with Crippen LogP contribution in [0.4, 0.5) is 0 Å². The van der Waals surface area contributed by atoms with E-state index in [-0.39, 0.29) is 0 Å². The molecule has 0 radical (unpaired) electrons. The first-order chi connectivity index (χ1) is 6.78. The Morgan fingerprint density at radius 1 is 1.07 bits per heavy atom. The van der Waals surface area contributed by atoms with Crippen molar-refractivity contribution < 1.29 is 9.47 Å². The summed E-state index contributed by atoms with van der Waals surface area (Å²) < 4.78 is 9.92. The molecule has 0 aliphatic heterocycles. The Labute approximate surface area is 85.9 Å². The highest BCUT2D eigenvalue weighted by Crippen LogP contribution is 2.15. The number of terminal acetylenes is 1. The lowest BCUT2D eigenvalue weighted by Gasteiger charge is -2.00. The van der Waals surface area contributed by atoms with Gasteiger partial charge in [0, 0.05) is 6.42 Å². The topological polar surface area (TPSA) is 18.5 Å². The Bertz CT molecular complexity index is 246. The first kappa shape index (κ1) is 12.4. The van der Waals surface area contributed by atoms with Gasteiger partial charge >= 0.3 is 0 Å². The lowest BCUT2D eigenvalue weighted by molar-refractivity contribution is 0.403. The van der Waals surface area contributed by atoms with Crippen molar-refractivity contribution in [1.82, 2.24) is 0 Å². The molecule has 0 unspecified atom stereocenters. The highest BCUT2D eigenvalue weighted by molar-refractivity contribution is 5.30. The van der Waals surface area contributed by atoms with Gasteiger partial charge in [-0.25, -0.2) is 0 Å². The molecule has 0 bridgehead atoms. The van der Waals surface area contributed by atoms with Crippen molar-refractivity contribution in [2.45, 2.75) is 13.3 Å². The van der Waals surface area contributed by atoms with Gasteiger partial charge in [-0.1, -0.05) is 6.92 Å². The summed E-state index contributed by atoms with van der Waals surface area (Å²) in [6.45, 7) is 1.94. The molecule has 0 spiro atoms. The first-order valence-corrected chi connectivity index (χ1v) is 4.40. The van der Waals surface area contributed by atoms with E-state index in [9.17, 15) is 0 Å². The summed E-state index contributed by atoms with van der Waals surface area (Å²) in [6, 6.07) is 7.44. The van der Waals surface area contributed by atoms with Crippen LogP contribution in [-0.4, -0.2) is 14.2 Å². The standard InChI is InChI=1S/C8H10O2.C4H6/c1-9-7-3-5-8(10-2)6-4-7;1-3-4-2/h3-6H,1-2H3;1H,4H2,2H3. The number of rotatable bonds is 2. The fourth-order valence-electron chi connectivity index (χ4n) is 0.712. The summed E-state index contributed by atoms with van der Waals surface area (Å²) in [4.78, 5) is 0. The maximum absolute atomic E-state index is 4.96. The van der Waals surface area contributed by atoms with Crippen molar-refractivity contribution in [2.75, 3.05) is 14.2 Å². The SMILES string of the molecule is C#CCC.COc1ccc(OC)cc1. The van der Waals surface area contributed by atoms with Gasteiger partial charge in [-0.2, -0.15) is 0 Å². The zero-order valence-electron chi connectivity index (χ0n) is 8.91. The molecular formula is C12H16O2. The van der Waals surface area contributed by atoms with E-state index < -0.39 is 0 Å². The number of ether oxygens (including phenoxy) is 2. The fraction of sp³-hybridized carbons (Fsp3) is 0.333. The second kappa shape index (κ2) is 8.00. The molecule has 76 valence electrons. The largest absolute Gasteiger partial charge is 0.497 e. The molecule has 1 rings (SSSR count). The Morgan fingerprint density at radius 3 is 1.50 bits per heavy atom. The van der Waals surface area contributed by atoms with E-state index in [0.29, 0.717) is 0 Å². The molecule has 0 aromatic heterocycles. The molecule has 1 aromatic rings. The highest BCUT2D eigenvalue weighted by Gasteiger charge is 1.89. The minimum absolute atomic E-state index is 0.847. The Kier molecular flexibility index (Phi) is 7.07. The second-order valence-corrected chi connectivity index (χ2v) is 2.44. The van der Waals surface area contributed by atoms with Gasteiger partial charge in [0.1, 0.15) is 11.5 Å². The Balaban J connectivity index is 0.000000364. The van der Waals surface area contributed by atoms with Crippen LogP contribution in [0.25, 0.3) is 0 Å². The molecule has 14 heavy (non-hydrogen) atoms. The van der Waals surface area contributed by atoms with Crippen LogP contribution in [0, 0.1) is 12.3 Å². The maximum Gasteiger partial charge on any atom is 0.119 e.